The lowest BCUT2D eigenvalue weighted by Crippen LogP contribution is -2.23. The van der Waals surface area contributed by atoms with Crippen LogP contribution in [0, 0.1) is 20.8 Å². The van der Waals surface area contributed by atoms with E-state index in [1.165, 1.54) is 0 Å². The van der Waals surface area contributed by atoms with Gasteiger partial charge in [0.05, 0.1) is 11.6 Å². The van der Waals surface area contributed by atoms with E-state index in [9.17, 15) is 4.79 Å². The maximum absolute atomic E-state index is 12.3. The van der Waals surface area contributed by atoms with Crippen LogP contribution in [-0.2, 0) is 6.54 Å². The first-order valence-corrected chi connectivity index (χ1v) is 8.27. The Balaban J connectivity index is 1.66. The van der Waals surface area contributed by atoms with E-state index in [1.54, 1.807) is 11.3 Å². The van der Waals surface area contributed by atoms with Crippen molar-refractivity contribution in [2.75, 3.05) is 0 Å². The Labute approximate surface area is 139 Å². The van der Waals surface area contributed by atoms with Gasteiger partial charge in [0.1, 0.15) is 11.5 Å². The molecule has 2 heterocycles. The molecular weight excluding hydrogens is 308 g/mol. The van der Waals surface area contributed by atoms with E-state index in [0.29, 0.717) is 17.9 Å². The van der Waals surface area contributed by atoms with Crippen molar-refractivity contribution >= 4 is 17.2 Å². The number of hydrogen-bond acceptors (Lipinski definition) is 4. The van der Waals surface area contributed by atoms with Crippen LogP contribution in [0.3, 0.4) is 0 Å². The third-order valence-electron chi connectivity index (χ3n) is 3.58. The highest BCUT2D eigenvalue weighted by molar-refractivity contribution is 7.09. The van der Waals surface area contributed by atoms with Gasteiger partial charge in [-0.25, -0.2) is 4.98 Å². The SMILES string of the molecule is Cc1ccc(C(=O)NCc2ccc(-c3csc(C)n3)o2)c(C)c1. The average molecular weight is 326 g/mol. The van der Waals surface area contributed by atoms with Crippen molar-refractivity contribution in [2.45, 2.75) is 27.3 Å². The van der Waals surface area contributed by atoms with Crippen molar-refractivity contribution in [1.29, 1.82) is 0 Å². The molecule has 2 aromatic heterocycles. The quantitative estimate of drug-likeness (QED) is 0.779. The number of thiazole rings is 1. The summed E-state index contributed by atoms with van der Waals surface area (Å²) in [4.78, 5) is 16.7. The van der Waals surface area contributed by atoms with E-state index in [2.05, 4.69) is 10.3 Å². The second-order valence-electron chi connectivity index (χ2n) is 5.52. The van der Waals surface area contributed by atoms with Crippen LogP contribution in [0.5, 0.6) is 0 Å². The van der Waals surface area contributed by atoms with E-state index >= 15 is 0 Å². The van der Waals surface area contributed by atoms with Crippen LogP contribution in [0.1, 0.15) is 32.3 Å². The van der Waals surface area contributed by atoms with Crippen LogP contribution >= 0.6 is 11.3 Å². The van der Waals surface area contributed by atoms with Gasteiger partial charge in [0.25, 0.3) is 5.91 Å². The predicted molar refractivity (Wildman–Crippen MR) is 91.6 cm³/mol. The molecule has 0 aliphatic carbocycles. The Bertz CT molecular complexity index is 848. The number of aromatic nitrogens is 1. The van der Waals surface area contributed by atoms with Crippen molar-refractivity contribution in [1.82, 2.24) is 10.3 Å². The summed E-state index contributed by atoms with van der Waals surface area (Å²) in [5, 5.41) is 5.86. The first-order valence-electron chi connectivity index (χ1n) is 7.39. The van der Waals surface area contributed by atoms with Crippen LogP contribution in [0.25, 0.3) is 11.5 Å². The van der Waals surface area contributed by atoms with Crippen molar-refractivity contribution in [3.8, 4) is 11.5 Å². The highest BCUT2D eigenvalue weighted by Crippen LogP contribution is 2.23. The lowest BCUT2D eigenvalue weighted by Gasteiger charge is -2.07. The number of carbonyl (C=O) groups is 1. The zero-order valence-corrected chi connectivity index (χ0v) is 14.2. The molecule has 0 aliphatic rings. The molecule has 3 aromatic rings. The number of hydrogen-bond donors (Lipinski definition) is 1. The standard InChI is InChI=1S/C18H18N2O2S/c1-11-4-6-15(12(2)8-11)18(21)19-9-14-5-7-17(22-14)16-10-23-13(3)20-16/h4-8,10H,9H2,1-3H3,(H,19,21). The number of rotatable bonds is 4. The van der Waals surface area contributed by atoms with Crippen LogP contribution < -0.4 is 5.32 Å². The Morgan fingerprint density at radius 2 is 2.04 bits per heavy atom. The number of carbonyl (C=O) groups excluding carboxylic acids is 1. The molecule has 1 amide bonds. The van der Waals surface area contributed by atoms with Crippen LogP contribution in [-0.4, -0.2) is 10.9 Å². The van der Waals surface area contributed by atoms with Gasteiger partial charge in [0, 0.05) is 10.9 Å². The van der Waals surface area contributed by atoms with Crippen molar-refractivity contribution < 1.29 is 9.21 Å². The Hall–Kier alpha value is -2.40. The van der Waals surface area contributed by atoms with Gasteiger partial charge in [-0.1, -0.05) is 17.7 Å². The Morgan fingerprint density at radius 1 is 1.22 bits per heavy atom. The van der Waals surface area contributed by atoms with Crippen LogP contribution in [0.4, 0.5) is 0 Å². The van der Waals surface area contributed by atoms with Gasteiger partial charge in [-0.05, 0) is 44.5 Å². The lowest BCUT2D eigenvalue weighted by molar-refractivity contribution is 0.0947. The molecule has 0 bridgehead atoms. The smallest absolute Gasteiger partial charge is 0.251 e. The average Bonchev–Trinajstić information content (AvgIpc) is 3.13. The fourth-order valence-electron chi connectivity index (χ4n) is 2.42. The van der Waals surface area contributed by atoms with Crippen molar-refractivity contribution in [3.63, 3.8) is 0 Å². The maximum atomic E-state index is 12.3. The monoisotopic (exact) mass is 326 g/mol. The summed E-state index contributed by atoms with van der Waals surface area (Å²) in [5.41, 5.74) is 3.64. The predicted octanol–water partition coefficient (Wildman–Crippen LogP) is 4.26. The lowest BCUT2D eigenvalue weighted by atomic mass is 10.1. The number of aryl methyl sites for hydroxylation is 3. The molecule has 0 radical (unpaired) electrons. The minimum absolute atomic E-state index is 0.0926. The van der Waals surface area contributed by atoms with Gasteiger partial charge in [0.15, 0.2) is 5.76 Å². The zero-order chi connectivity index (χ0) is 16.4. The first-order chi connectivity index (χ1) is 11.0. The highest BCUT2D eigenvalue weighted by Gasteiger charge is 2.11. The molecule has 0 atom stereocenters. The Kier molecular flexibility index (Phi) is 4.30. The summed E-state index contributed by atoms with van der Waals surface area (Å²) in [5.74, 6) is 1.35. The van der Waals surface area contributed by atoms with Gasteiger partial charge < -0.3 is 9.73 Å². The van der Waals surface area contributed by atoms with Crippen molar-refractivity contribution in [3.05, 3.63) is 63.2 Å². The van der Waals surface area contributed by atoms with E-state index < -0.39 is 0 Å². The molecule has 118 valence electrons. The topological polar surface area (TPSA) is 55.1 Å². The van der Waals surface area contributed by atoms with Gasteiger partial charge in [-0.15, -0.1) is 11.3 Å². The zero-order valence-electron chi connectivity index (χ0n) is 13.3. The van der Waals surface area contributed by atoms with Gasteiger partial charge in [-0.3, -0.25) is 4.79 Å². The number of nitrogens with one attached hydrogen (secondary N) is 1. The molecule has 4 nitrogen and oxygen atoms in total. The minimum atomic E-state index is -0.0926. The molecule has 1 N–H and O–H groups in total. The summed E-state index contributed by atoms with van der Waals surface area (Å²) in [6.07, 6.45) is 0. The molecule has 0 saturated carbocycles. The Morgan fingerprint density at radius 3 is 2.74 bits per heavy atom. The van der Waals surface area contributed by atoms with E-state index in [-0.39, 0.29) is 5.91 Å². The van der Waals surface area contributed by atoms with E-state index in [4.69, 9.17) is 4.42 Å². The second-order valence-corrected chi connectivity index (χ2v) is 6.58. The fourth-order valence-corrected chi connectivity index (χ4v) is 3.02. The normalized spacial score (nSPS) is 10.7. The van der Waals surface area contributed by atoms with Gasteiger partial charge >= 0.3 is 0 Å². The molecule has 0 aliphatic heterocycles. The van der Waals surface area contributed by atoms with E-state index in [0.717, 1.165) is 27.6 Å². The maximum Gasteiger partial charge on any atom is 0.251 e. The molecule has 0 fully saturated rings. The van der Waals surface area contributed by atoms with Crippen LogP contribution in [0.2, 0.25) is 0 Å². The summed E-state index contributed by atoms with van der Waals surface area (Å²) in [7, 11) is 0. The number of benzene rings is 1. The third kappa shape index (κ3) is 3.51. The van der Waals surface area contributed by atoms with Gasteiger partial charge in [0.2, 0.25) is 0 Å². The molecule has 0 saturated heterocycles. The summed E-state index contributed by atoms with van der Waals surface area (Å²) < 4.78 is 5.75. The van der Waals surface area contributed by atoms with E-state index in [1.807, 2.05) is 56.5 Å². The molecule has 23 heavy (non-hydrogen) atoms. The molecule has 5 heteroatoms. The third-order valence-corrected chi connectivity index (χ3v) is 4.36. The highest BCUT2D eigenvalue weighted by atomic mass is 32.1. The van der Waals surface area contributed by atoms with Crippen molar-refractivity contribution in [2.24, 2.45) is 0 Å². The minimum Gasteiger partial charge on any atom is -0.458 e. The number of amides is 1. The summed E-state index contributed by atoms with van der Waals surface area (Å²) in [6, 6.07) is 9.55. The second kappa shape index (κ2) is 6.38. The molecule has 0 spiro atoms. The summed E-state index contributed by atoms with van der Waals surface area (Å²) >= 11 is 1.59. The molecule has 1 aromatic carbocycles. The molecule has 0 unspecified atom stereocenters. The number of nitrogens with zero attached hydrogens (tertiary/aromatic N) is 1. The first kappa shape index (κ1) is 15.5. The number of furan rings is 1. The molecular formula is C18H18N2O2S. The van der Waals surface area contributed by atoms with Crippen LogP contribution in [0.15, 0.2) is 40.1 Å². The largest absolute Gasteiger partial charge is 0.458 e. The van der Waals surface area contributed by atoms with Gasteiger partial charge in [-0.2, -0.15) is 0 Å². The fraction of sp³-hybridized carbons (Fsp3) is 0.222. The molecule has 3 rings (SSSR count). The summed E-state index contributed by atoms with van der Waals surface area (Å²) in [6.45, 7) is 6.27.